The number of hydrogen-bond acceptors (Lipinski definition) is 8. The van der Waals surface area contributed by atoms with Crippen molar-refractivity contribution in [2.24, 2.45) is 0 Å². The highest BCUT2D eigenvalue weighted by molar-refractivity contribution is 6.35. The van der Waals surface area contributed by atoms with E-state index in [4.69, 9.17) is 11.6 Å². The molecule has 11 heteroatoms. The van der Waals surface area contributed by atoms with Crippen molar-refractivity contribution < 1.29 is 14.6 Å². The summed E-state index contributed by atoms with van der Waals surface area (Å²) in [5.41, 5.74) is 1.83. The molecule has 0 bridgehead atoms. The lowest BCUT2D eigenvalue weighted by Crippen LogP contribution is -2.28. The fourth-order valence-electron chi connectivity index (χ4n) is 3.18. The number of rotatable bonds is 10. The summed E-state index contributed by atoms with van der Waals surface area (Å²) >= 11 is 6.52. The van der Waals surface area contributed by atoms with Crippen molar-refractivity contribution in [3.63, 3.8) is 0 Å². The van der Waals surface area contributed by atoms with E-state index in [0.717, 1.165) is 24.1 Å². The van der Waals surface area contributed by atoms with Crippen molar-refractivity contribution in [2.75, 3.05) is 29.2 Å². The van der Waals surface area contributed by atoms with Crippen LogP contribution >= 0.6 is 11.6 Å². The third-order valence-electron chi connectivity index (χ3n) is 5.19. The number of halogens is 2. The number of aliphatic hydroxyl groups excluding tert-OH is 2. The van der Waals surface area contributed by atoms with Gasteiger partial charge in [-0.25, -0.2) is 4.39 Å². The standard InChI is InChI=1S/C21H25ClFN7O2/c1-11(12-4-6-14(23)7-5-12)24-21-27-19(25-15(9-31)10-32)18(22)20(28-21)26-17-8-16(29-30-17)13-2-3-13/h4-8,11,13,15,31-32H,2-3,9-10H2,1H3,(H4,24,25,26,27,28,29,30)/t11-/m0/s1. The molecule has 32 heavy (non-hydrogen) atoms. The number of aromatic nitrogens is 4. The first-order valence-corrected chi connectivity index (χ1v) is 10.7. The maximum Gasteiger partial charge on any atom is 0.227 e. The van der Waals surface area contributed by atoms with Gasteiger partial charge in [-0.15, -0.1) is 0 Å². The molecule has 2 heterocycles. The summed E-state index contributed by atoms with van der Waals surface area (Å²) in [5.74, 6) is 1.63. The first-order chi connectivity index (χ1) is 15.5. The maximum atomic E-state index is 13.3. The Morgan fingerprint density at radius 1 is 1.12 bits per heavy atom. The SMILES string of the molecule is C[C@H](Nc1nc(Nc2cc(C3CC3)n[nH]2)c(Cl)c(NC(CO)CO)n1)c1ccc(F)cc1. The van der Waals surface area contributed by atoms with Crippen molar-refractivity contribution in [3.8, 4) is 0 Å². The van der Waals surface area contributed by atoms with E-state index in [1.54, 1.807) is 12.1 Å². The number of benzene rings is 1. The highest BCUT2D eigenvalue weighted by atomic mass is 35.5. The van der Waals surface area contributed by atoms with E-state index in [2.05, 4.69) is 36.1 Å². The zero-order valence-corrected chi connectivity index (χ0v) is 18.2. The van der Waals surface area contributed by atoms with Gasteiger partial charge in [0.1, 0.15) is 16.7 Å². The van der Waals surface area contributed by atoms with Crippen LogP contribution in [0.3, 0.4) is 0 Å². The number of nitrogens with zero attached hydrogens (tertiary/aromatic N) is 3. The van der Waals surface area contributed by atoms with E-state index in [9.17, 15) is 14.6 Å². The lowest BCUT2D eigenvalue weighted by Gasteiger charge is -2.20. The average molecular weight is 462 g/mol. The summed E-state index contributed by atoms with van der Waals surface area (Å²) in [4.78, 5) is 8.90. The largest absolute Gasteiger partial charge is 0.394 e. The first-order valence-electron chi connectivity index (χ1n) is 10.4. The van der Waals surface area contributed by atoms with Crippen LogP contribution in [-0.2, 0) is 0 Å². The van der Waals surface area contributed by atoms with Gasteiger partial charge < -0.3 is 26.2 Å². The van der Waals surface area contributed by atoms with Gasteiger partial charge in [0, 0.05) is 12.0 Å². The Morgan fingerprint density at radius 2 is 1.81 bits per heavy atom. The average Bonchev–Trinajstić information content (AvgIpc) is 3.54. The predicted molar refractivity (Wildman–Crippen MR) is 121 cm³/mol. The van der Waals surface area contributed by atoms with Gasteiger partial charge in [0.15, 0.2) is 11.6 Å². The molecule has 1 atom stereocenters. The van der Waals surface area contributed by atoms with Crippen molar-refractivity contribution in [3.05, 3.63) is 52.4 Å². The number of aliphatic hydroxyl groups is 2. The highest BCUT2D eigenvalue weighted by Gasteiger charge is 2.26. The lowest BCUT2D eigenvalue weighted by atomic mass is 10.1. The van der Waals surface area contributed by atoms with Crippen molar-refractivity contribution >= 4 is 35.0 Å². The van der Waals surface area contributed by atoms with Crippen LogP contribution in [0.15, 0.2) is 30.3 Å². The quantitative estimate of drug-likeness (QED) is 0.270. The number of nitrogens with one attached hydrogen (secondary N) is 4. The van der Waals surface area contributed by atoms with E-state index in [1.165, 1.54) is 12.1 Å². The lowest BCUT2D eigenvalue weighted by molar-refractivity contribution is 0.203. The van der Waals surface area contributed by atoms with Crippen molar-refractivity contribution in [1.29, 1.82) is 0 Å². The summed E-state index contributed by atoms with van der Waals surface area (Å²) in [6.07, 6.45) is 2.26. The smallest absolute Gasteiger partial charge is 0.227 e. The van der Waals surface area contributed by atoms with Crippen LogP contribution in [0.5, 0.6) is 0 Å². The number of H-pyrrole nitrogens is 1. The molecule has 4 rings (SSSR count). The molecular formula is C21H25ClFN7O2. The molecule has 9 nitrogen and oxygen atoms in total. The number of anilines is 4. The molecule has 1 fully saturated rings. The minimum Gasteiger partial charge on any atom is -0.394 e. The highest BCUT2D eigenvalue weighted by Crippen LogP contribution is 2.40. The van der Waals surface area contributed by atoms with Crippen molar-refractivity contribution in [2.45, 2.75) is 37.8 Å². The topological polar surface area (TPSA) is 131 Å². The molecule has 0 saturated heterocycles. The van der Waals surface area contributed by atoms with Gasteiger partial charge >= 0.3 is 0 Å². The van der Waals surface area contributed by atoms with E-state index >= 15 is 0 Å². The normalized spacial score (nSPS) is 14.4. The first kappa shape index (κ1) is 22.3. The van der Waals surface area contributed by atoms with E-state index in [0.29, 0.717) is 17.6 Å². The molecule has 0 unspecified atom stereocenters. The second-order valence-corrected chi connectivity index (χ2v) is 8.17. The molecular weight excluding hydrogens is 437 g/mol. The summed E-state index contributed by atoms with van der Waals surface area (Å²) in [6.45, 7) is 1.28. The number of hydrogen-bond donors (Lipinski definition) is 6. The summed E-state index contributed by atoms with van der Waals surface area (Å²) in [6, 6.07) is 7.18. The molecule has 1 saturated carbocycles. The third kappa shape index (κ3) is 5.26. The fourth-order valence-corrected chi connectivity index (χ4v) is 3.36. The van der Waals surface area contributed by atoms with Crippen LogP contribution in [0.1, 0.15) is 43.0 Å². The molecule has 0 aliphatic heterocycles. The van der Waals surface area contributed by atoms with Gasteiger partial charge in [-0.3, -0.25) is 5.10 Å². The molecule has 170 valence electrons. The van der Waals surface area contributed by atoms with Gasteiger partial charge in [0.05, 0.1) is 31.0 Å². The molecule has 0 amide bonds. The molecule has 0 radical (unpaired) electrons. The Balaban J connectivity index is 1.61. The Bertz CT molecular complexity index is 1050. The van der Waals surface area contributed by atoms with Gasteiger partial charge in [-0.2, -0.15) is 15.1 Å². The predicted octanol–water partition coefficient (Wildman–Crippen LogP) is 3.55. The summed E-state index contributed by atoms with van der Waals surface area (Å²) in [7, 11) is 0. The third-order valence-corrected chi connectivity index (χ3v) is 5.55. The van der Waals surface area contributed by atoms with Gasteiger partial charge in [0.25, 0.3) is 0 Å². The second-order valence-electron chi connectivity index (χ2n) is 7.79. The van der Waals surface area contributed by atoms with Gasteiger partial charge in [-0.1, -0.05) is 23.7 Å². The molecule has 2 aromatic heterocycles. The molecule has 1 aromatic carbocycles. The Labute approximate surface area is 189 Å². The summed E-state index contributed by atoms with van der Waals surface area (Å²) in [5, 5.41) is 35.6. The minimum absolute atomic E-state index is 0.194. The minimum atomic E-state index is -0.647. The maximum absolute atomic E-state index is 13.3. The molecule has 0 spiro atoms. The van der Waals surface area contributed by atoms with Gasteiger partial charge in [-0.05, 0) is 37.5 Å². The van der Waals surface area contributed by atoms with Crippen LogP contribution in [-0.4, -0.2) is 49.6 Å². The van der Waals surface area contributed by atoms with Crippen LogP contribution in [0.25, 0.3) is 0 Å². The zero-order valence-electron chi connectivity index (χ0n) is 17.4. The van der Waals surface area contributed by atoms with Crippen LogP contribution in [0, 0.1) is 5.82 Å². The molecule has 1 aliphatic rings. The van der Waals surface area contributed by atoms with Crippen molar-refractivity contribution in [1.82, 2.24) is 20.2 Å². The summed E-state index contributed by atoms with van der Waals surface area (Å²) < 4.78 is 13.3. The van der Waals surface area contributed by atoms with Crippen LogP contribution in [0.4, 0.5) is 27.8 Å². The molecule has 6 N–H and O–H groups in total. The number of aromatic amines is 1. The fraction of sp³-hybridized carbons (Fsp3) is 0.381. The Morgan fingerprint density at radius 3 is 2.47 bits per heavy atom. The van der Waals surface area contributed by atoms with E-state index in [1.807, 2.05) is 13.0 Å². The molecule has 1 aliphatic carbocycles. The van der Waals surface area contributed by atoms with E-state index in [-0.39, 0.29) is 41.9 Å². The van der Waals surface area contributed by atoms with Gasteiger partial charge in [0.2, 0.25) is 5.95 Å². The Kier molecular flexibility index (Phi) is 6.73. The monoisotopic (exact) mass is 461 g/mol. The second kappa shape index (κ2) is 9.68. The Hall–Kier alpha value is -2.95. The zero-order chi connectivity index (χ0) is 22.7. The van der Waals surface area contributed by atoms with Crippen LogP contribution in [0.2, 0.25) is 5.02 Å². The molecule has 3 aromatic rings. The van der Waals surface area contributed by atoms with Crippen LogP contribution < -0.4 is 16.0 Å². The van der Waals surface area contributed by atoms with E-state index < -0.39 is 6.04 Å².